The Kier molecular flexibility index (Phi) is 3.90. The number of nitrogens with one attached hydrogen (secondary N) is 1. The number of hydrogen-bond donors (Lipinski definition) is 2. The van der Waals surface area contributed by atoms with Gasteiger partial charge in [-0.25, -0.2) is 0 Å². The molecule has 102 valence electrons. The minimum Gasteiger partial charge on any atom is -0.496 e. The van der Waals surface area contributed by atoms with Crippen molar-refractivity contribution in [3.8, 4) is 16.9 Å². The lowest BCUT2D eigenvalue weighted by molar-refractivity contribution is 0.415. The van der Waals surface area contributed by atoms with E-state index in [1.54, 1.807) is 7.11 Å². The van der Waals surface area contributed by atoms with Crippen LogP contribution < -0.4 is 10.5 Å². The second kappa shape index (κ2) is 5.45. The number of methoxy groups -OCH3 is 1. The van der Waals surface area contributed by atoms with E-state index in [9.17, 15) is 0 Å². The average Bonchev–Trinajstić information content (AvgIpc) is 2.78. The highest BCUT2D eigenvalue weighted by Crippen LogP contribution is 2.35. The number of hydrogen-bond acceptors (Lipinski definition) is 3. The lowest BCUT2D eigenvalue weighted by atomic mass is 9.96. The molecular weight excluding hydrogens is 238 g/mol. The quantitative estimate of drug-likeness (QED) is 0.887. The molecule has 3 N–H and O–H groups in total. The van der Waals surface area contributed by atoms with E-state index in [0.29, 0.717) is 12.5 Å². The number of nitrogens with zero attached hydrogens (tertiary/aromatic N) is 1. The van der Waals surface area contributed by atoms with Gasteiger partial charge in [0, 0.05) is 23.4 Å². The molecular formula is C15H21N3O. The van der Waals surface area contributed by atoms with Gasteiger partial charge in [-0.1, -0.05) is 26.0 Å². The van der Waals surface area contributed by atoms with Gasteiger partial charge in [-0.3, -0.25) is 5.10 Å². The molecule has 0 radical (unpaired) electrons. The summed E-state index contributed by atoms with van der Waals surface area (Å²) < 4.78 is 5.53. The Morgan fingerprint density at radius 3 is 2.68 bits per heavy atom. The summed E-state index contributed by atoms with van der Waals surface area (Å²) >= 11 is 0. The summed E-state index contributed by atoms with van der Waals surface area (Å²) in [7, 11) is 1.69. The monoisotopic (exact) mass is 259 g/mol. The molecule has 19 heavy (non-hydrogen) atoms. The lowest BCUT2D eigenvalue weighted by Crippen LogP contribution is -2.00. The molecule has 0 atom stereocenters. The second-order valence-corrected chi connectivity index (χ2v) is 4.99. The molecule has 0 spiro atoms. The van der Waals surface area contributed by atoms with Crippen molar-refractivity contribution in [1.82, 2.24) is 10.2 Å². The standard InChI is InChI=1S/C15H21N3O/c1-9(2)11-5-6-12(14(7-11)19-4)15-10(3)17-18-13(15)8-16/h5-7,9H,8,16H2,1-4H3,(H,17,18). The van der Waals surface area contributed by atoms with E-state index in [0.717, 1.165) is 28.3 Å². The Balaban J connectivity index is 2.58. The number of aromatic amines is 1. The first-order chi connectivity index (χ1) is 9.08. The zero-order valence-electron chi connectivity index (χ0n) is 11.9. The zero-order chi connectivity index (χ0) is 14.0. The van der Waals surface area contributed by atoms with Gasteiger partial charge in [0.25, 0.3) is 0 Å². The van der Waals surface area contributed by atoms with E-state index >= 15 is 0 Å². The van der Waals surface area contributed by atoms with Gasteiger partial charge in [-0.15, -0.1) is 0 Å². The molecule has 4 nitrogen and oxygen atoms in total. The van der Waals surface area contributed by atoms with Gasteiger partial charge in [-0.2, -0.15) is 5.10 Å². The molecule has 1 aromatic carbocycles. The molecule has 0 bridgehead atoms. The van der Waals surface area contributed by atoms with Crippen LogP contribution in [0.2, 0.25) is 0 Å². The molecule has 0 aliphatic carbocycles. The van der Waals surface area contributed by atoms with Crippen LogP contribution in [0, 0.1) is 6.92 Å². The molecule has 1 heterocycles. The number of ether oxygens (including phenoxy) is 1. The molecule has 0 amide bonds. The van der Waals surface area contributed by atoms with Gasteiger partial charge in [-0.05, 0) is 24.5 Å². The third kappa shape index (κ3) is 2.49. The Hall–Kier alpha value is -1.81. The fourth-order valence-electron chi connectivity index (χ4n) is 2.26. The third-order valence-corrected chi connectivity index (χ3v) is 3.38. The summed E-state index contributed by atoms with van der Waals surface area (Å²) in [4.78, 5) is 0. The van der Waals surface area contributed by atoms with Gasteiger partial charge in [0.15, 0.2) is 0 Å². The van der Waals surface area contributed by atoms with E-state index in [2.05, 4.69) is 42.2 Å². The third-order valence-electron chi connectivity index (χ3n) is 3.38. The molecule has 0 aliphatic rings. The van der Waals surface area contributed by atoms with Gasteiger partial charge < -0.3 is 10.5 Å². The Labute approximate surface area is 114 Å². The number of rotatable bonds is 4. The minimum atomic E-state index is 0.411. The molecule has 4 heteroatoms. The maximum atomic E-state index is 5.75. The molecule has 0 aliphatic heterocycles. The Bertz CT molecular complexity index is 573. The van der Waals surface area contributed by atoms with Gasteiger partial charge in [0.2, 0.25) is 0 Å². The van der Waals surface area contributed by atoms with Gasteiger partial charge in [0.05, 0.1) is 12.8 Å². The molecule has 1 aromatic heterocycles. The van der Waals surface area contributed by atoms with Crippen LogP contribution in [0.5, 0.6) is 5.75 Å². The highest BCUT2D eigenvalue weighted by Gasteiger charge is 2.16. The van der Waals surface area contributed by atoms with Crippen molar-refractivity contribution in [3.05, 3.63) is 35.2 Å². The zero-order valence-corrected chi connectivity index (χ0v) is 11.9. The molecule has 0 saturated carbocycles. The van der Waals surface area contributed by atoms with Crippen LogP contribution in [0.3, 0.4) is 0 Å². The van der Waals surface area contributed by atoms with Crippen molar-refractivity contribution in [3.63, 3.8) is 0 Å². The highest BCUT2D eigenvalue weighted by molar-refractivity contribution is 5.75. The number of nitrogens with two attached hydrogens (primary N) is 1. The van der Waals surface area contributed by atoms with Crippen molar-refractivity contribution in [1.29, 1.82) is 0 Å². The van der Waals surface area contributed by atoms with Crippen LogP contribution in [0.25, 0.3) is 11.1 Å². The Morgan fingerprint density at radius 1 is 1.37 bits per heavy atom. The highest BCUT2D eigenvalue weighted by atomic mass is 16.5. The van der Waals surface area contributed by atoms with Crippen LogP contribution in [-0.4, -0.2) is 17.3 Å². The summed E-state index contributed by atoms with van der Waals surface area (Å²) in [5, 5.41) is 7.23. The fourth-order valence-corrected chi connectivity index (χ4v) is 2.26. The molecule has 2 rings (SSSR count). The van der Waals surface area contributed by atoms with E-state index < -0.39 is 0 Å². The van der Waals surface area contributed by atoms with Crippen LogP contribution in [0.15, 0.2) is 18.2 Å². The van der Waals surface area contributed by atoms with E-state index in [4.69, 9.17) is 10.5 Å². The summed E-state index contributed by atoms with van der Waals surface area (Å²) in [5.74, 6) is 1.34. The van der Waals surface area contributed by atoms with Crippen LogP contribution in [-0.2, 0) is 6.54 Å². The number of benzene rings is 1. The van der Waals surface area contributed by atoms with Crippen molar-refractivity contribution < 1.29 is 4.74 Å². The molecule has 0 fully saturated rings. The fraction of sp³-hybridized carbons (Fsp3) is 0.400. The van der Waals surface area contributed by atoms with Crippen molar-refractivity contribution in [2.24, 2.45) is 5.73 Å². The van der Waals surface area contributed by atoms with Gasteiger partial charge in [0.1, 0.15) is 5.75 Å². The van der Waals surface area contributed by atoms with Crippen molar-refractivity contribution >= 4 is 0 Å². The van der Waals surface area contributed by atoms with Crippen molar-refractivity contribution in [2.45, 2.75) is 33.2 Å². The smallest absolute Gasteiger partial charge is 0.127 e. The topological polar surface area (TPSA) is 63.9 Å². The summed E-state index contributed by atoms with van der Waals surface area (Å²) in [6.07, 6.45) is 0. The number of H-pyrrole nitrogens is 1. The largest absolute Gasteiger partial charge is 0.496 e. The van der Waals surface area contributed by atoms with Crippen LogP contribution in [0.4, 0.5) is 0 Å². The first-order valence-electron chi connectivity index (χ1n) is 6.50. The van der Waals surface area contributed by atoms with Crippen molar-refractivity contribution in [2.75, 3.05) is 7.11 Å². The van der Waals surface area contributed by atoms with Crippen LogP contribution >= 0.6 is 0 Å². The molecule has 0 unspecified atom stereocenters. The van der Waals surface area contributed by atoms with E-state index in [-0.39, 0.29) is 0 Å². The maximum absolute atomic E-state index is 5.75. The average molecular weight is 259 g/mol. The predicted molar refractivity (Wildman–Crippen MR) is 77.3 cm³/mol. The first kappa shape index (κ1) is 13.6. The van der Waals surface area contributed by atoms with Gasteiger partial charge >= 0.3 is 0 Å². The molecule has 2 aromatic rings. The lowest BCUT2D eigenvalue weighted by Gasteiger charge is -2.13. The summed E-state index contributed by atoms with van der Waals surface area (Å²) in [6, 6.07) is 6.31. The molecule has 0 saturated heterocycles. The number of aryl methyl sites for hydroxylation is 1. The van der Waals surface area contributed by atoms with Crippen LogP contribution in [0.1, 0.15) is 36.7 Å². The van der Waals surface area contributed by atoms with E-state index in [1.165, 1.54) is 5.56 Å². The predicted octanol–water partition coefficient (Wildman–Crippen LogP) is 2.98. The summed E-state index contributed by atoms with van der Waals surface area (Å²) in [6.45, 7) is 6.75. The number of aromatic nitrogens is 2. The summed E-state index contributed by atoms with van der Waals surface area (Å²) in [5.41, 5.74) is 11.0. The maximum Gasteiger partial charge on any atom is 0.127 e. The minimum absolute atomic E-state index is 0.411. The first-order valence-corrected chi connectivity index (χ1v) is 6.50. The Morgan fingerprint density at radius 2 is 2.11 bits per heavy atom. The second-order valence-electron chi connectivity index (χ2n) is 4.99. The van der Waals surface area contributed by atoms with E-state index in [1.807, 2.05) is 6.92 Å². The normalized spacial score (nSPS) is 11.1. The SMILES string of the molecule is COc1cc(C(C)C)ccc1-c1c(CN)n[nH]c1C.